The maximum Gasteiger partial charge on any atom is 0.416 e. The molecule has 0 aromatic heterocycles. The monoisotopic (exact) mass is 617 g/mol. The van der Waals surface area contributed by atoms with Crippen LogP contribution in [0.15, 0.2) is 42.5 Å². The molecule has 1 N–H and O–H groups in total. The number of benzene rings is 2. The van der Waals surface area contributed by atoms with Crippen molar-refractivity contribution in [3.63, 3.8) is 0 Å². The predicted molar refractivity (Wildman–Crippen MR) is 148 cm³/mol. The van der Waals surface area contributed by atoms with Gasteiger partial charge in [-0.2, -0.15) is 17.5 Å². The lowest BCUT2D eigenvalue weighted by molar-refractivity contribution is -0.137. The van der Waals surface area contributed by atoms with E-state index < -0.39 is 57.1 Å². The molecule has 232 valence electrons. The van der Waals surface area contributed by atoms with Gasteiger partial charge in [-0.3, -0.25) is 9.59 Å². The predicted octanol–water partition coefficient (Wildman–Crippen LogP) is 5.43. The molecule has 2 aromatic rings. The Morgan fingerprint density at radius 1 is 1.07 bits per heavy atom. The third kappa shape index (κ3) is 7.11. The second kappa shape index (κ2) is 12.7. The molecule has 1 unspecified atom stereocenters. The third-order valence-electron chi connectivity index (χ3n) is 7.79. The first-order valence-corrected chi connectivity index (χ1v) is 15.5. The quantitative estimate of drug-likeness (QED) is 0.341. The summed E-state index contributed by atoms with van der Waals surface area (Å²) in [6.45, 7) is 6.21. The highest BCUT2D eigenvalue weighted by molar-refractivity contribution is 7.88. The fraction of sp³-hybridized carbons (Fsp3) is 0.517. The van der Waals surface area contributed by atoms with Crippen molar-refractivity contribution in [3.05, 3.63) is 70.5 Å². The first-order chi connectivity index (χ1) is 19.5. The molecule has 1 aliphatic rings. The van der Waals surface area contributed by atoms with Gasteiger partial charge in [0.25, 0.3) is 5.91 Å². The molecule has 3 rings (SSSR count). The van der Waals surface area contributed by atoms with E-state index in [9.17, 15) is 35.6 Å². The zero-order chi connectivity index (χ0) is 31.6. The van der Waals surface area contributed by atoms with Gasteiger partial charge in [-0.1, -0.05) is 45.4 Å². The van der Waals surface area contributed by atoms with E-state index in [1.54, 1.807) is 27.7 Å². The van der Waals surface area contributed by atoms with E-state index in [4.69, 9.17) is 0 Å². The number of halogens is 5. The number of nitrogens with zero attached hydrogens (tertiary/aromatic N) is 2. The van der Waals surface area contributed by atoms with Crippen LogP contribution >= 0.6 is 0 Å². The molecule has 1 fully saturated rings. The number of carbonyl (C=O) groups is 2. The lowest BCUT2D eigenvalue weighted by Gasteiger charge is -2.43. The number of alkyl halides is 4. The van der Waals surface area contributed by atoms with Crippen molar-refractivity contribution in [2.45, 2.75) is 64.5 Å². The van der Waals surface area contributed by atoms with Gasteiger partial charge >= 0.3 is 6.18 Å². The molecular formula is C29H36F5N3O4S. The van der Waals surface area contributed by atoms with Gasteiger partial charge in [0.2, 0.25) is 15.9 Å². The molecule has 1 heterocycles. The highest BCUT2D eigenvalue weighted by Crippen LogP contribution is 2.38. The SMILES string of the molecule is CCC(C)[C@@H](NC(=O)[C@@H](CC)N(CC)C(=O)c1cccc(C2(F)CN(S(C)(=O)=O)C2)c1)c1ccc(C(F)(F)F)cc1F. The van der Waals surface area contributed by atoms with E-state index in [0.717, 1.165) is 22.7 Å². The zero-order valence-electron chi connectivity index (χ0n) is 24.1. The van der Waals surface area contributed by atoms with Crippen molar-refractivity contribution in [1.82, 2.24) is 14.5 Å². The maximum atomic E-state index is 15.4. The number of rotatable bonds is 11. The highest BCUT2D eigenvalue weighted by Gasteiger charge is 2.49. The molecule has 3 atom stereocenters. The van der Waals surface area contributed by atoms with E-state index in [0.29, 0.717) is 12.5 Å². The Balaban J connectivity index is 1.85. The van der Waals surface area contributed by atoms with Gasteiger partial charge in [-0.15, -0.1) is 0 Å². The van der Waals surface area contributed by atoms with Crippen LogP contribution in [0, 0.1) is 11.7 Å². The van der Waals surface area contributed by atoms with Crippen LogP contribution in [0.2, 0.25) is 0 Å². The normalized spacial score (nSPS) is 17.6. The van der Waals surface area contributed by atoms with Crippen LogP contribution in [0.25, 0.3) is 0 Å². The summed E-state index contributed by atoms with van der Waals surface area (Å²) in [6.07, 6.45) is -3.09. The number of likely N-dealkylation sites (N-methyl/N-ethyl adjacent to an activating group) is 1. The maximum absolute atomic E-state index is 15.4. The smallest absolute Gasteiger partial charge is 0.347 e. The lowest BCUT2D eigenvalue weighted by Crippen LogP contribution is -2.58. The Hall–Kier alpha value is -3.06. The molecule has 0 saturated carbocycles. The summed E-state index contributed by atoms with van der Waals surface area (Å²) in [5, 5.41) is 2.75. The van der Waals surface area contributed by atoms with E-state index in [1.165, 1.54) is 29.2 Å². The first-order valence-electron chi connectivity index (χ1n) is 13.7. The van der Waals surface area contributed by atoms with Crippen LogP contribution in [0.1, 0.15) is 73.6 Å². The molecule has 2 aromatic carbocycles. The van der Waals surface area contributed by atoms with Gasteiger partial charge in [0.05, 0.1) is 31.0 Å². The number of sulfonamides is 1. The summed E-state index contributed by atoms with van der Waals surface area (Å²) in [5.74, 6) is -2.63. The van der Waals surface area contributed by atoms with E-state index >= 15 is 4.39 Å². The van der Waals surface area contributed by atoms with Crippen molar-refractivity contribution < 1.29 is 40.0 Å². The topological polar surface area (TPSA) is 86.8 Å². The minimum absolute atomic E-state index is 0.0975. The molecule has 1 aliphatic heterocycles. The van der Waals surface area contributed by atoms with E-state index in [2.05, 4.69) is 5.32 Å². The van der Waals surface area contributed by atoms with Crippen molar-refractivity contribution in [2.24, 2.45) is 5.92 Å². The molecule has 0 aliphatic carbocycles. The van der Waals surface area contributed by atoms with Gasteiger partial charge in [0.1, 0.15) is 11.9 Å². The third-order valence-corrected chi connectivity index (χ3v) is 8.99. The molecule has 42 heavy (non-hydrogen) atoms. The second-order valence-corrected chi connectivity index (χ2v) is 12.7. The van der Waals surface area contributed by atoms with Crippen LogP contribution in [0.5, 0.6) is 0 Å². The number of hydrogen-bond acceptors (Lipinski definition) is 4. The molecule has 0 bridgehead atoms. The Kier molecular flexibility index (Phi) is 10.1. The summed E-state index contributed by atoms with van der Waals surface area (Å²) in [7, 11) is -3.56. The Morgan fingerprint density at radius 2 is 1.71 bits per heavy atom. The fourth-order valence-corrected chi connectivity index (χ4v) is 5.93. The summed E-state index contributed by atoms with van der Waals surface area (Å²) < 4.78 is 94.0. The standard InChI is InChI=1S/C29H36F5N3O4S/c1-6-18(4)25(22-13-12-21(15-23(22)30)29(32,33)34)35-26(38)24(7-2)37(8-3)27(39)19-10-9-11-20(14-19)28(31)16-36(17-28)42(5,40)41/h9-15,18,24-25H,6-8,16-17H2,1-5H3,(H,35,38)/t18?,24-,25-/m1/s1. The average molecular weight is 618 g/mol. The molecule has 0 spiro atoms. The van der Waals surface area contributed by atoms with Crippen molar-refractivity contribution >= 4 is 21.8 Å². The Bertz CT molecular complexity index is 1410. The van der Waals surface area contributed by atoms with Crippen molar-refractivity contribution in [1.29, 1.82) is 0 Å². The number of carbonyl (C=O) groups excluding carboxylic acids is 2. The summed E-state index contributed by atoms with van der Waals surface area (Å²) in [4.78, 5) is 28.4. The van der Waals surface area contributed by atoms with Gasteiger partial charge in [-0.25, -0.2) is 17.2 Å². The summed E-state index contributed by atoms with van der Waals surface area (Å²) in [6, 6.07) is 5.96. The number of hydrogen-bond donors (Lipinski definition) is 1. The van der Waals surface area contributed by atoms with Gasteiger partial charge < -0.3 is 10.2 Å². The molecule has 13 heteroatoms. The first kappa shape index (κ1) is 33.4. The van der Waals surface area contributed by atoms with Gasteiger partial charge in [-0.05, 0) is 49.1 Å². The van der Waals surface area contributed by atoms with Gasteiger partial charge in [0, 0.05) is 17.7 Å². The van der Waals surface area contributed by atoms with Crippen LogP contribution in [-0.4, -0.2) is 61.4 Å². The Labute approximate surface area is 243 Å². The number of nitrogens with one attached hydrogen (secondary N) is 1. The zero-order valence-corrected chi connectivity index (χ0v) is 25.0. The van der Waals surface area contributed by atoms with Crippen LogP contribution < -0.4 is 5.32 Å². The van der Waals surface area contributed by atoms with E-state index in [1.807, 2.05) is 0 Å². The van der Waals surface area contributed by atoms with Crippen molar-refractivity contribution in [3.8, 4) is 0 Å². The molecular weight excluding hydrogens is 581 g/mol. The molecule has 7 nitrogen and oxygen atoms in total. The lowest BCUT2D eigenvalue weighted by atomic mass is 9.89. The van der Waals surface area contributed by atoms with Gasteiger partial charge in [0.15, 0.2) is 5.67 Å². The van der Waals surface area contributed by atoms with Crippen LogP contribution in [-0.2, 0) is 26.7 Å². The minimum atomic E-state index is -4.73. The summed E-state index contributed by atoms with van der Waals surface area (Å²) in [5.41, 5.74) is -2.97. The highest BCUT2D eigenvalue weighted by atomic mass is 32.2. The average Bonchev–Trinajstić information content (AvgIpc) is 2.91. The minimum Gasteiger partial charge on any atom is -0.347 e. The molecule has 1 saturated heterocycles. The fourth-order valence-electron chi connectivity index (χ4n) is 5.05. The Morgan fingerprint density at radius 3 is 2.21 bits per heavy atom. The number of amides is 2. The molecule has 0 radical (unpaired) electrons. The molecule has 2 amide bonds. The largest absolute Gasteiger partial charge is 0.416 e. The van der Waals surface area contributed by atoms with E-state index in [-0.39, 0.29) is 48.7 Å². The second-order valence-electron chi connectivity index (χ2n) is 10.7. The van der Waals surface area contributed by atoms with Crippen LogP contribution in [0.3, 0.4) is 0 Å². The van der Waals surface area contributed by atoms with Crippen LogP contribution in [0.4, 0.5) is 22.0 Å². The summed E-state index contributed by atoms with van der Waals surface area (Å²) >= 11 is 0. The van der Waals surface area contributed by atoms with Crippen molar-refractivity contribution in [2.75, 3.05) is 25.9 Å².